The first kappa shape index (κ1) is 13.6. The Hall–Kier alpha value is -0.400. The topological polar surface area (TPSA) is 91.7 Å². The zero-order chi connectivity index (χ0) is 10.1. The number of carbonyl (C=O) groups is 1. The number of aldehydes is 1. The minimum absolute atomic E-state index is 0. The SMILES string of the molecule is O=Cc1ccc(O)c(S(=O)(=O)O)c1.[Na]. The molecule has 0 saturated heterocycles. The molecule has 1 aromatic rings. The van der Waals surface area contributed by atoms with Gasteiger partial charge in [-0.3, -0.25) is 9.35 Å². The molecule has 0 aliphatic heterocycles. The largest absolute Gasteiger partial charge is 0.506 e. The molecule has 1 radical (unpaired) electrons. The minimum Gasteiger partial charge on any atom is -0.506 e. The van der Waals surface area contributed by atoms with Crippen molar-refractivity contribution in [1.82, 2.24) is 0 Å². The molecule has 0 amide bonds. The van der Waals surface area contributed by atoms with Crippen LogP contribution in [0.1, 0.15) is 10.4 Å². The molecule has 0 bridgehead atoms. The summed E-state index contributed by atoms with van der Waals surface area (Å²) in [6.07, 6.45) is 0.411. The summed E-state index contributed by atoms with van der Waals surface area (Å²) in [6.45, 7) is 0. The molecule has 0 aromatic heterocycles. The Morgan fingerprint density at radius 3 is 2.29 bits per heavy atom. The van der Waals surface area contributed by atoms with E-state index in [9.17, 15) is 13.2 Å². The van der Waals surface area contributed by atoms with Gasteiger partial charge in [-0.1, -0.05) is 0 Å². The molecule has 0 heterocycles. The van der Waals surface area contributed by atoms with Crippen molar-refractivity contribution in [2.75, 3.05) is 0 Å². The Balaban J connectivity index is 0.00000169. The van der Waals surface area contributed by atoms with E-state index >= 15 is 0 Å². The normalized spacial score (nSPS) is 10.4. The zero-order valence-corrected chi connectivity index (χ0v) is 10.2. The van der Waals surface area contributed by atoms with Crippen LogP contribution >= 0.6 is 0 Å². The van der Waals surface area contributed by atoms with E-state index in [4.69, 9.17) is 9.66 Å². The summed E-state index contributed by atoms with van der Waals surface area (Å²) in [5.74, 6) is -0.590. The van der Waals surface area contributed by atoms with E-state index in [1.165, 1.54) is 6.07 Å². The molecule has 71 valence electrons. The maximum atomic E-state index is 10.6. The number of phenols is 1. The van der Waals surface area contributed by atoms with Crippen LogP contribution in [0.15, 0.2) is 23.1 Å². The summed E-state index contributed by atoms with van der Waals surface area (Å²) in [5, 5.41) is 9.01. The molecule has 7 heteroatoms. The van der Waals surface area contributed by atoms with Gasteiger partial charge in [-0.2, -0.15) is 8.42 Å². The van der Waals surface area contributed by atoms with Crippen molar-refractivity contribution in [1.29, 1.82) is 0 Å². The molecule has 0 unspecified atom stereocenters. The quantitative estimate of drug-likeness (QED) is 0.422. The Labute approximate surface area is 103 Å². The first-order chi connectivity index (χ1) is 5.95. The summed E-state index contributed by atoms with van der Waals surface area (Å²) >= 11 is 0. The molecule has 0 aliphatic carbocycles. The van der Waals surface area contributed by atoms with Crippen LogP contribution < -0.4 is 0 Å². The molecule has 0 spiro atoms. The molecule has 0 fully saturated rings. The zero-order valence-electron chi connectivity index (χ0n) is 7.34. The van der Waals surface area contributed by atoms with Crippen molar-refractivity contribution < 1.29 is 22.9 Å². The summed E-state index contributed by atoms with van der Waals surface area (Å²) in [7, 11) is -4.47. The number of phenolic OH excluding ortho intramolecular Hbond substituents is 1. The number of carbonyl (C=O) groups excluding carboxylic acids is 1. The Morgan fingerprint density at radius 2 is 1.86 bits per heavy atom. The summed E-state index contributed by atoms with van der Waals surface area (Å²) in [6, 6.07) is 3.14. The standard InChI is InChI=1S/C7H6O5S.Na/c8-4-5-1-2-6(9)7(3-5)13(10,11)12;/h1-4,9H,(H,10,11,12);. The van der Waals surface area contributed by atoms with Crippen LogP contribution in [0, 0.1) is 0 Å². The third kappa shape index (κ3) is 3.07. The maximum Gasteiger partial charge on any atom is 0.298 e. The van der Waals surface area contributed by atoms with Crippen molar-refractivity contribution in [3.05, 3.63) is 23.8 Å². The van der Waals surface area contributed by atoms with Gasteiger partial charge in [0.1, 0.15) is 16.9 Å². The van der Waals surface area contributed by atoms with Gasteiger partial charge < -0.3 is 5.11 Å². The third-order valence-corrected chi connectivity index (χ3v) is 2.28. The average molecular weight is 225 g/mol. The van der Waals surface area contributed by atoms with E-state index in [1.807, 2.05) is 0 Å². The van der Waals surface area contributed by atoms with Gasteiger partial charge in [0.15, 0.2) is 0 Å². The van der Waals surface area contributed by atoms with Crippen molar-refractivity contribution in [2.24, 2.45) is 0 Å². The van der Waals surface area contributed by atoms with Gasteiger partial charge in [0.25, 0.3) is 10.1 Å². The van der Waals surface area contributed by atoms with Crippen LogP contribution in [-0.4, -0.2) is 53.9 Å². The summed E-state index contributed by atoms with van der Waals surface area (Å²) in [4.78, 5) is 9.57. The molecule has 14 heavy (non-hydrogen) atoms. The Bertz CT molecular complexity index is 439. The van der Waals surface area contributed by atoms with E-state index in [0.717, 1.165) is 12.1 Å². The van der Waals surface area contributed by atoms with Gasteiger partial charge in [0, 0.05) is 35.1 Å². The second kappa shape index (κ2) is 4.90. The fraction of sp³-hybridized carbons (Fsp3) is 0. The second-order valence-electron chi connectivity index (χ2n) is 2.32. The van der Waals surface area contributed by atoms with Crippen molar-refractivity contribution >= 4 is 46.0 Å². The van der Waals surface area contributed by atoms with E-state index in [1.54, 1.807) is 0 Å². The predicted octanol–water partition coefficient (Wildman–Crippen LogP) is 0.0706. The summed E-state index contributed by atoms with van der Waals surface area (Å²) in [5.41, 5.74) is 0.0606. The van der Waals surface area contributed by atoms with Crippen molar-refractivity contribution in [2.45, 2.75) is 4.90 Å². The Kier molecular flexibility index (Phi) is 4.76. The van der Waals surface area contributed by atoms with Crippen LogP contribution in [0.5, 0.6) is 5.75 Å². The van der Waals surface area contributed by atoms with Crippen LogP contribution in [0.3, 0.4) is 0 Å². The average Bonchev–Trinajstić information content (AvgIpc) is 2.03. The molecule has 5 nitrogen and oxygen atoms in total. The van der Waals surface area contributed by atoms with Gasteiger partial charge in [0.2, 0.25) is 0 Å². The number of hydrogen-bond donors (Lipinski definition) is 2. The minimum atomic E-state index is -4.47. The fourth-order valence-electron chi connectivity index (χ4n) is 0.811. The monoisotopic (exact) mass is 225 g/mol. The molecule has 0 aliphatic rings. The third-order valence-electron chi connectivity index (χ3n) is 1.40. The molecule has 1 aromatic carbocycles. The molecule has 1 rings (SSSR count). The molecule has 0 atom stereocenters. The van der Waals surface area contributed by atoms with Crippen LogP contribution in [-0.2, 0) is 10.1 Å². The van der Waals surface area contributed by atoms with Gasteiger partial charge >= 0.3 is 0 Å². The van der Waals surface area contributed by atoms with Crippen LogP contribution in [0.25, 0.3) is 0 Å². The van der Waals surface area contributed by atoms with Crippen molar-refractivity contribution in [3.63, 3.8) is 0 Å². The van der Waals surface area contributed by atoms with E-state index < -0.39 is 20.8 Å². The van der Waals surface area contributed by atoms with E-state index in [2.05, 4.69) is 0 Å². The first-order valence-electron chi connectivity index (χ1n) is 3.21. The smallest absolute Gasteiger partial charge is 0.298 e. The first-order valence-corrected chi connectivity index (χ1v) is 4.65. The number of rotatable bonds is 2. The van der Waals surface area contributed by atoms with E-state index in [-0.39, 0.29) is 35.1 Å². The van der Waals surface area contributed by atoms with Gasteiger partial charge in [-0.15, -0.1) is 0 Å². The predicted molar refractivity (Wildman–Crippen MR) is 49.1 cm³/mol. The molecular formula is C7H6NaO5S. The van der Waals surface area contributed by atoms with Crippen molar-refractivity contribution in [3.8, 4) is 5.75 Å². The Morgan fingerprint density at radius 1 is 1.29 bits per heavy atom. The van der Waals surface area contributed by atoms with E-state index in [0.29, 0.717) is 6.29 Å². The number of benzene rings is 1. The summed E-state index contributed by atoms with van der Waals surface area (Å²) < 4.78 is 29.8. The molecule has 2 N–H and O–H groups in total. The second-order valence-corrected chi connectivity index (χ2v) is 3.71. The van der Waals surface area contributed by atoms with Gasteiger partial charge in [-0.25, -0.2) is 0 Å². The number of hydrogen-bond acceptors (Lipinski definition) is 4. The van der Waals surface area contributed by atoms with Gasteiger partial charge in [0.05, 0.1) is 0 Å². The molecular weight excluding hydrogens is 219 g/mol. The van der Waals surface area contributed by atoms with Gasteiger partial charge in [-0.05, 0) is 18.2 Å². The number of aromatic hydroxyl groups is 1. The van der Waals surface area contributed by atoms with Crippen LogP contribution in [0.2, 0.25) is 0 Å². The maximum absolute atomic E-state index is 10.6. The molecule has 0 saturated carbocycles. The van der Waals surface area contributed by atoms with Crippen LogP contribution in [0.4, 0.5) is 0 Å². The fourth-order valence-corrected chi connectivity index (χ4v) is 1.43.